The van der Waals surface area contributed by atoms with Crippen LogP contribution in [0.4, 0.5) is 16.4 Å². The predicted molar refractivity (Wildman–Crippen MR) is 173 cm³/mol. The number of carbonyl (C=O) groups excluding carboxylic acids is 1. The molecule has 3 N–H and O–H groups in total. The summed E-state index contributed by atoms with van der Waals surface area (Å²) in [5.74, 6) is 1.71. The lowest BCUT2D eigenvalue weighted by Crippen LogP contribution is -2.40. The molecule has 10 nitrogen and oxygen atoms in total. The molecule has 4 heterocycles. The van der Waals surface area contributed by atoms with Crippen molar-refractivity contribution >= 4 is 62.7 Å². The van der Waals surface area contributed by atoms with Gasteiger partial charge >= 0.3 is 6.09 Å². The van der Waals surface area contributed by atoms with Gasteiger partial charge in [0.2, 0.25) is 10.6 Å². The van der Waals surface area contributed by atoms with E-state index in [-0.39, 0.29) is 23.5 Å². The summed E-state index contributed by atoms with van der Waals surface area (Å²) in [6.07, 6.45) is 1.43. The molecule has 4 aromatic rings. The number of fused-ring (bicyclic) bond motifs is 2. The van der Waals surface area contributed by atoms with Crippen molar-refractivity contribution in [2.45, 2.75) is 65.1 Å². The van der Waals surface area contributed by atoms with Gasteiger partial charge in [-0.15, -0.1) is 0 Å². The first kappa shape index (κ1) is 31.0. The Labute approximate surface area is 261 Å². The molecule has 2 fully saturated rings. The lowest BCUT2D eigenvalue weighted by molar-refractivity contribution is 0.0509. The Morgan fingerprint density at radius 3 is 1.86 bits per heavy atom. The monoisotopic (exact) mass is 624 g/mol. The summed E-state index contributed by atoms with van der Waals surface area (Å²) in [7, 11) is 0. The van der Waals surface area contributed by atoms with E-state index in [9.17, 15) is 4.79 Å². The number of nitrogens with two attached hydrogens (primary N) is 1. The number of ether oxygens (including phenoxy) is 1. The first-order valence-corrected chi connectivity index (χ1v) is 15.2. The molecule has 1 amide bonds. The largest absolute Gasteiger partial charge is 0.444 e. The minimum Gasteiger partial charge on any atom is -0.444 e. The van der Waals surface area contributed by atoms with Crippen LogP contribution in [0.15, 0.2) is 36.4 Å². The van der Waals surface area contributed by atoms with Crippen molar-refractivity contribution in [3.63, 3.8) is 0 Å². The zero-order chi connectivity index (χ0) is 30.9. The highest BCUT2D eigenvalue weighted by molar-refractivity contribution is 6.29. The van der Waals surface area contributed by atoms with Crippen LogP contribution in [0.2, 0.25) is 10.6 Å². The quantitative estimate of drug-likeness (QED) is 0.271. The van der Waals surface area contributed by atoms with E-state index in [0.717, 1.165) is 71.5 Å². The number of benzene rings is 2. The lowest BCUT2D eigenvalue weighted by atomic mass is 10.1. The van der Waals surface area contributed by atoms with Crippen molar-refractivity contribution in [3.05, 3.63) is 58.1 Å². The van der Waals surface area contributed by atoms with Crippen LogP contribution in [0, 0.1) is 13.8 Å². The fourth-order valence-corrected chi connectivity index (χ4v) is 5.74. The molecule has 0 aliphatic carbocycles. The van der Waals surface area contributed by atoms with Gasteiger partial charge in [-0.05, 0) is 106 Å². The minimum atomic E-state index is -0.503. The van der Waals surface area contributed by atoms with Crippen LogP contribution in [0.25, 0.3) is 21.8 Å². The number of nitrogens with one attached hydrogen (secondary N) is 1. The van der Waals surface area contributed by atoms with E-state index in [1.165, 1.54) is 5.56 Å². The van der Waals surface area contributed by atoms with Gasteiger partial charge in [-0.1, -0.05) is 12.1 Å². The van der Waals surface area contributed by atoms with E-state index in [2.05, 4.69) is 47.2 Å². The highest BCUT2D eigenvalue weighted by Gasteiger charge is 2.28. The molecule has 228 valence electrons. The van der Waals surface area contributed by atoms with Gasteiger partial charge in [0.25, 0.3) is 0 Å². The average Bonchev–Trinajstić information content (AvgIpc) is 3.55. The van der Waals surface area contributed by atoms with E-state index in [4.69, 9.17) is 33.7 Å². The van der Waals surface area contributed by atoms with Crippen molar-refractivity contribution < 1.29 is 9.53 Å². The highest BCUT2D eigenvalue weighted by Crippen LogP contribution is 2.30. The summed E-state index contributed by atoms with van der Waals surface area (Å²) in [5, 5.41) is 5.46. The molecule has 0 radical (unpaired) electrons. The van der Waals surface area contributed by atoms with E-state index in [1.807, 2.05) is 58.9 Å². The second-order valence-corrected chi connectivity index (χ2v) is 12.9. The summed E-state index contributed by atoms with van der Waals surface area (Å²) in [6.45, 7) is 12.8. The van der Waals surface area contributed by atoms with Gasteiger partial charge in [0.15, 0.2) is 0 Å². The summed E-state index contributed by atoms with van der Waals surface area (Å²) in [6, 6.07) is 12.4. The molecule has 2 saturated heterocycles. The van der Waals surface area contributed by atoms with Crippen LogP contribution < -0.4 is 20.9 Å². The third-order valence-electron chi connectivity index (χ3n) is 7.34. The molecular weight excluding hydrogens is 587 g/mol. The molecule has 0 saturated carbocycles. The number of amides is 1. The first-order chi connectivity index (χ1) is 20.3. The van der Waals surface area contributed by atoms with Gasteiger partial charge < -0.3 is 25.6 Å². The third kappa shape index (κ3) is 7.74. The summed E-state index contributed by atoms with van der Waals surface area (Å²) >= 11 is 12.1. The first-order valence-electron chi connectivity index (χ1n) is 14.5. The van der Waals surface area contributed by atoms with E-state index >= 15 is 0 Å². The van der Waals surface area contributed by atoms with Crippen molar-refractivity contribution in [1.82, 2.24) is 25.3 Å². The number of anilines is 2. The topological polar surface area (TPSA) is 122 Å². The highest BCUT2D eigenvalue weighted by atomic mass is 35.5. The van der Waals surface area contributed by atoms with Crippen LogP contribution in [-0.2, 0) is 4.74 Å². The predicted octanol–water partition coefficient (Wildman–Crippen LogP) is 5.82. The molecular formula is C31H38Cl2N8O2. The number of nitrogens with zero attached hydrogens (tertiary/aromatic N) is 6. The average molecular weight is 626 g/mol. The standard InChI is InChI=1S/C18H23ClN4O2.C13H15ClN4/c1-11-5-6-13-14(9-11)21-16(19)22-15(13)23-8-7-12(10-23)20-17(24)25-18(2,3)4;1-8-2-3-10-11(6-8)16-13(14)17-12(10)18-5-4-9(15)7-18/h5-6,9,12H,7-8,10H2,1-4H3,(H,20,24);2-3,6,9H,4-5,7,15H2,1H3/t12-;9-/m11/s1. The summed E-state index contributed by atoms with van der Waals surface area (Å²) in [4.78, 5) is 33.7. The van der Waals surface area contributed by atoms with Crippen molar-refractivity contribution in [2.24, 2.45) is 5.73 Å². The molecule has 6 rings (SSSR count). The van der Waals surface area contributed by atoms with Gasteiger partial charge in [-0.2, -0.15) is 9.97 Å². The fourth-order valence-electron chi connectivity index (χ4n) is 5.40. The van der Waals surface area contributed by atoms with Crippen molar-refractivity contribution in [2.75, 3.05) is 36.0 Å². The smallest absolute Gasteiger partial charge is 0.407 e. The lowest BCUT2D eigenvalue weighted by Gasteiger charge is -2.22. The van der Waals surface area contributed by atoms with Gasteiger partial charge in [-0.3, -0.25) is 0 Å². The number of hydrogen-bond donors (Lipinski definition) is 2. The molecule has 12 heteroatoms. The Balaban J connectivity index is 0.000000180. The molecule has 2 aliphatic heterocycles. The normalized spacial score (nSPS) is 18.6. The Kier molecular flexibility index (Phi) is 9.10. The van der Waals surface area contributed by atoms with Crippen LogP contribution in [0.3, 0.4) is 0 Å². The second-order valence-electron chi connectivity index (χ2n) is 12.2. The number of alkyl carbamates (subject to hydrolysis) is 1. The van der Waals surface area contributed by atoms with E-state index in [1.54, 1.807) is 0 Å². The van der Waals surface area contributed by atoms with Crippen LogP contribution in [-0.4, -0.2) is 69.9 Å². The van der Waals surface area contributed by atoms with Crippen molar-refractivity contribution in [1.29, 1.82) is 0 Å². The SMILES string of the molecule is Cc1ccc2c(N3CC[C@@H](N)C3)nc(Cl)nc2c1.Cc1ccc2c(N3CC[C@@H](NC(=O)OC(C)(C)C)C3)nc(Cl)nc2c1. The number of aromatic nitrogens is 4. The Morgan fingerprint density at radius 1 is 0.860 bits per heavy atom. The zero-order valence-corrected chi connectivity index (χ0v) is 26.7. The number of halogens is 2. The molecule has 2 aromatic carbocycles. The Hall–Kier alpha value is -3.47. The Bertz CT molecular complexity index is 1630. The number of rotatable bonds is 3. The second kappa shape index (κ2) is 12.6. The van der Waals surface area contributed by atoms with Gasteiger partial charge in [0.05, 0.1) is 17.1 Å². The number of aryl methyl sites for hydroxylation is 2. The number of hydrogen-bond acceptors (Lipinski definition) is 9. The van der Waals surface area contributed by atoms with E-state index in [0.29, 0.717) is 11.8 Å². The van der Waals surface area contributed by atoms with Crippen LogP contribution >= 0.6 is 23.2 Å². The summed E-state index contributed by atoms with van der Waals surface area (Å²) < 4.78 is 5.33. The third-order valence-corrected chi connectivity index (χ3v) is 7.68. The molecule has 2 aliphatic rings. The van der Waals surface area contributed by atoms with Crippen LogP contribution in [0.1, 0.15) is 44.7 Å². The van der Waals surface area contributed by atoms with E-state index < -0.39 is 5.60 Å². The maximum atomic E-state index is 12.0. The molecule has 2 atom stereocenters. The number of carbonyl (C=O) groups is 1. The summed E-state index contributed by atoms with van der Waals surface area (Å²) in [5.41, 5.74) is 9.47. The maximum Gasteiger partial charge on any atom is 0.407 e. The Morgan fingerprint density at radius 2 is 1.37 bits per heavy atom. The fraction of sp³-hybridized carbons (Fsp3) is 0.452. The van der Waals surface area contributed by atoms with Crippen molar-refractivity contribution in [3.8, 4) is 0 Å². The molecule has 0 bridgehead atoms. The maximum absolute atomic E-state index is 12.0. The van der Waals surface area contributed by atoms with Gasteiger partial charge in [0, 0.05) is 43.0 Å². The molecule has 0 spiro atoms. The molecule has 2 aromatic heterocycles. The zero-order valence-electron chi connectivity index (χ0n) is 25.2. The minimum absolute atomic E-state index is 0.0177. The molecule has 0 unspecified atom stereocenters. The van der Waals surface area contributed by atoms with Gasteiger partial charge in [0.1, 0.15) is 17.2 Å². The molecule has 43 heavy (non-hydrogen) atoms. The van der Waals surface area contributed by atoms with Gasteiger partial charge in [-0.25, -0.2) is 14.8 Å². The van der Waals surface area contributed by atoms with Crippen LogP contribution in [0.5, 0.6) is 0 Å².